The van der Waals surface area contributed by atoms with Gasteiger partial charge in [-0.2, -0.15) is 0 Å². The molecular formula is C13H20BrN3. The Morgan fingerprint density at radius 2 is 2.24 bits per heavy atom. The van der Waals surface area contributed by atoms with Crippen LogP contribution in [0.25, 0.3) is 0 Å². The van der Waals surface area contributed by atoms with E-state index in [4.69, 9.17) is 5.73 Å². The second-order valence-corrected chi connectivity index (χ2v) is 6.29. The molecule has 0 radical (unpaired) electrons. The summed E-state index contributed by atoms with van der Waals surface area (Å²) >= 11 is 3.51. The highest BCUT2D eigenvalue weighted by Gasteiger charge is 2.24. The molecule has 1 aromatic carbocycles. The number of rotatable bonds is 3. The van der Waals surface area contributed by atoms with Gasteiger partial charge in [-0.1, -0.05) is 29.8 Å². The van der Waals surface area contributed by atoms with Crippen LogP contribution in [-0.2, 0) is 0 Å². The molecule has 0 spiro atoms. The molecule has 4 heteroatoms. The number of hydrogen-bond acceptors (Lipinski definition) is 3. The molecule has 0 saturated carbocycles. The van der Waals surface area contributed by atoms with Gasteiger partial charge >= 0.3 is 0 Å². The first-order chi connectivity index (χ1) is 8.02. The number of benzene rings is 1. The molecule has 0 aromatic heterocycles. The van der Waals surface area contributed by atoms with Crippen LogP contribution in [0, 0.1) is 5.41 Å². The van der Waals surface area contributed by atoms with E-state index < -0.39 is 0 Å². The van der Waals surface area contributed by atoms with Crippen molar-refractivity contribution in [2.45, 2.75) is 13.8 Å². The minimum Gasteiger partial charge on any atom is -0.382 e. The van der Waals surface area contributed by atoms with Crippen LogP contribution < -0.4 is 16.0 Å². The number of hydrogen-bond donors (Lipinski definition) is 2. The summed E-state index contributed by atoms with van der Waals surface area (Å²) in [5.74, 6) is 0. The van der Waals surface area contributed by atoms with E-state index >= 15 is 0 Å². The fourth-order valence-corrected chi connectivity index (χ4v) is 2.48. The average Bonchev–Trinajstić information content (AvgIpc) is 2.28. The van der Waals surface area contributed by atoms with Crippen LogP contribution in [0.4, 0.5) is 11.4 Å². The van der Waals surface area contributed by atoms with E-state index in [1.807, 2.05) is 0 Å². The summed E-state index contributed by atoms with van der Waals surface area (Å²) in [7, 11) is 0. The second kappa shape index (κ2) is 4.86. The minimum absolute atomic E-state index is 0.154. The van der Waals surface area contributed by atoms with Gasteiger partial charge in [0.05, 0.1) is 11.4 Å². The zero-order valence-corrected chi connectivity index (χ0v) is 12.0. The van der Waals surface area contributed by atoms with Crippen LogP contribution in [0.2, 0.25) is 0 Å². The fourth-order valence-electron chi connectivity index (χ4n) is 2.12. The number of nitrogens with zero attached hydrogens (tertiary/aromatic N) is 1. The normalized spacial score (nSPS) is 15.4. The number of anilines is 2. The molecule has 3 N–H and O–H groups in total. The number of nitrogens with one attached hydrogen (secondary N) is 1. The molecule has 0 fully saturated rings. The summed E-state index contributed by atoms with van der Waals surface area (Å²) in [6, 6.07) is 6.39. The van der Waals surface area contributed by atoms with Crippen LogP contribution in [0.15, 0.2) is 22.7 Å². The minimum atomic E-state index is 0.154. The van der Waals surface area contributed by atoms with E-state index in [-0.39, 0.29) is 5.41 Å². The van der Waals surface area contributed by atoms with Crippen molar-refractivity contribution in [1.82, 2.24) is 0 Å². The largest absolute Gasteiger partial charge is 0.382 e. The zero-order chi connectivity index (χ0) is 12.5. The summed E-state index contributed by atoms with van der Waals surface area (Å²) < 4.78 is 1.11. The lowest BCUT2D eigenvalue weighted by molar-refractivity contribution is 0.378. The molecule has 0 bridgehead atoms. The van der Waals surface area contributed by atoms with E-state index in [0.29, 0.717) is 6.54 Å². The predicted molar refractivity (Wildman–Crippen MR) is 77.7 cm³/mol. The Bertz CT molecular complexity index is 404. The fraction of sp³-hybridized carbons (Fsp3) is 0.538. The smallest absolute Gasteiger partial charge is 0.0603 e. The first-order valence-corrected chi connectivity index (χ1v) is 6.79. The topological polar surface area (TPSA) is 41.3 Å². The summed E-state index contributed by atoms with van der Waals surface area (Å²) in [6.45, 7) is 8.17. The highest BCUT2D eigenvalue weighted by atomic mass is 79.9. The molecule has 94 valence electrons. The number of nitrogens with two attached hydrogens (primary N) is 1. The molecule has 1 aliphatic heterocycles. The molecule has 0 saturated heterocycles. The Kier molecular flexibility index (Phi) is 3.64. The van der Waals surface area contributed by atoms with Gasteiger partial charge in [-0.25, -0.2) is 0 Å². The molecule has 2 rings (SSSR count). The van der Waals surface area contributed by atoms with Gasteiger partial charge in [0.15, 0.2) is 0 Å². The lowest BCUT2D eigenvalue weighted by Gasteiger charge is -2.37. The first-order valence-electron chi connectivity index (χ1n) is 6.00. The standard InChI is InChI=1S/C13H20BrN3/c1-13(2,8-15)9-17-6-5-16-11-7-10(14)3-4-12(11)17/h3-4,7,16H,5-6,8-9,15H2,1-2H3. The zero-order valence-electron chi connectivity index (χ0n) is 10.5. The third-order valence-electron chi connectivity index (χ3n) is 3.17. The van der Waals surface area contributed by atoms with Crippen LogP contribution in [-0.4, -0.2) is 26.2 Å². The maximum absolute atomic E-state index is 5.82. The van der Waals surface area contributed by atoms with Crippen LogP contribution in [0.5, 0.6) is 0 Å². The van der Waals surface area contributed by atoms with E-state index in [1.54, 1.807) is 0 Å². The van der Waals surface area contributed by atoms with Crippen molar-refractivity contribution in [3.63, 3.8) is 0 Å². The Hall–Kier alpha value is -0.740. The van der Waals surface area contributed by atoms with Gasteiger partial charge < -0.3 is 16.0 Å². The molecular weight excluding hydrogens is 278 g/mol. The molecule has 3 nitrogen and oxygen atoms in total. The molecule has 0 atom stereocenters. The van der Waals surface area contributed by atoms with Gasteiger partial charge in [0.1, 0.15) is 0 Å². The van der Waals surface area contributed by atoms with Gasteiger partial charge in [0, 0.05) is 24.1 Å². The summed E-state index contributed by atoms with van der Waals surface area (Å²) in [4.78, 5) is 2.42. The monoisotopic (exact) mass is 297 g/mol. The van der Waals surface area contributed by atoms with Gasteiger partial charge in [-0.05, 0) is 30.2 Å². The number of fused-ring (bicyclic) bond motifs is 1. The van der Waals surface area contributed by atoms with Gasteiger partial charge in [0.2, 0.25) is 0 Å². The van der Waals surface area contributed by atoms with E-state index in [2.05, 4.69) is 58.2 Å². The van der Waals surface area contributed by atoms with Crippen molar-refractivity contribution < 1.29 is 0 Å². The van der Waals surface area contributed by atoms with Crippen molar-refractivity contribution in [3.8, 4) is 0 Å². The second-order valence-electron chi connectivity index (χ2n) is 5.38. The maximum Gasteiger partial charge on any atom is 0.0603 e. The highest BCUT2D eigenvalue weighted by molar-refractivity contribution is 9.10. The van der Waals surface area contributed by atoms with Crippen molar-refractivity contribution in [2.75, 3.05) is 36.4 Å². The first kappa shape index (κ1) is 12.7. The Morgan fingerprint density at radius 3 is 2.94 bits per heavy atom. The lowest BCUT2D eigenvalue weighted by Crippen LogP contribution is -2.43. The molecule has 0 amide bonds. The quantitative estimate of drug-likeness (QED) is 0.901. The maximum atomic E-state index is 5.82. The Morgan fingerprint density at radius 1 is 1.47 bits per heavy atom. The molecule has 1 aromatic rings. The lowest BCUT2D eigenvalue weighted by atomic mass is 9.92. The van der Waals surface area contributed by atoms with E-state index in [1.165, 1.54) is 11.4 Å². The average molecular weight is 298 g/mol. The van der Waals surface area contributed by atoms with Crippen LogP contribution >= 0.6 is 15.9 Å². The Balaban J connectivity index is 2.23. The van der Waals surface area contributed by atoms with E-state index in [9.17, 15) is 0 Å². The molecule has 0 aliphatic carbocycles. The van der Waals surface area contributed by atoms with Crippen LogP contribution in [0.3, 0.4) is 0 Å². The van der Waals surface area contributed by atoms with Crippen molar-refractivity contribution in [1.29, 1.82) is 0 Å². The van der Waals surface area contributed by atoms with Crippen molar-refractivity contribution in [2.24, 2.45) is 11.1 Å². The molecule has 0 unspecified atom stereocenters. The molecule has 1 heterocycles. The van der Waals surface area contributed by atoms with Gasteiger partial charge in [0.25, 0.3) is 0 Å². The third kappa shape index (κ3) is 2.93. The summed E-state index contributed by atoms with van der Waals surface area (Å²) in [5, 5.41) is 3.43. The van der Waals surface area contributed by atoms with Gasteiger partial charge in [-0.3, -0.25) is 0 Å². The SMILES string of the molecule is CC(C)(CN)CN1CCNc2cc(Br)ccc21. The van der Waals surface area contributed by atoms with Gasteiger partial charge in [-0.15, -0.1) is 0 Å². The van der Waals surface area contributed by atoms with Crippen molar-refractivity contribution in [3.05, 3.63) is 22.7 Å². The third-order valence-corrected chi connectivity index (χ3v) is 3.66. The van der Waals surface area contributed by atoms with E-state index in [0.717, 1.165) is 24.1 Å². The Labute approximate surface area is 111 Å². The molecule has 1 aliphatic rings. The summed E-state index contributed by atoms with van der Waals surface area (Å²) in [5.41, 5.74) is 8.46. The van der Waals surface area contributed by atoms with Crippen LogP contribution in [0.1, 0.15) is 13.8 Å². The summed E-state index contributed by atoms with van der Waals surface area (Å²) in [6.07, 6.45) is 0. The highest BCUT2D eigenvalue weighted by Crippen LogP contribution is 2.33. The van der Waals surface area contributed by atoms with Crippen molar-refractivity contribution >= 4 is 27.3 Å². The molecule has 17 heavy (non-hydrogen) atoms. The number of halogens is 1. The predicted octanol–water partition coefficient (Wildman–Crippen LogP) is 2.67.